The normalized spacial score (nSPS) is 16.4. The van der Waals surface area contributed by atoms with Crippen LogP contribution in [0.5, 0.6) is 0 Å². The standard InChI is InChI=1S/C31H33F4NO2/c1-20(2)18-28(30(37)38)23-10-15-26(27(19-23)21-6-11-24(12-7-21)31(33,34)35)29(36-16-4-3-5-17-36)22-8-13-25(32)14-9-22/h6-15,19-20,28-29H,3-5,16-18H2,1-2H3,(H,37,38)/t28-,29?/m1/s1. The van der Waals surface area contributed by atoms with Crippen LogP contribution in [0, 0.1) is 11.7 Å². The summed E-state index contributed by atoms with van der Waals surface area (Å²) in [5.41, 5.74) is 2.87. The van der Waals surface area contributed by atoms with Crippen molar-refractivity contribution in [3.05, 3.63) is 94.8 Å². The molecule has 3 nitrogen and oxygen atoms in total. The van der Waals surface area contributed by atoms with Gasteiger partial charge in [0.1, 0.15) is 5.82 Å². The van der Waals surface area contributed by atoms with Gasteiger partial charge in [0.25, 0.3) is 0 Å². The van der Waals surface area contributed by atoms with Crippen LogP contribution in [0.25, 0.3) is 11.1 Å². The number of carboxylic acids is 1. The highest BCUT2D eigenvalue weighted by molar-refractivity contribution is 5.78. The van der Waals surface area contributed by atoms with E-state index in [-0.39, 0.29) is 17.8 Å². The Morgan fingerprint density at radius 2 is 1.50 bits per heavy atom. The zero-order valence-electron chi connectivity index (χ0n) is 21.6. The molecule has 0 aliphatic carbocycles. The van der Waals surface area contributed by atoms with Crippen LogP contribution < -0.4 is 0 Å². The maximum atomic E-state index is 13.8. The number of hydrogen-bond donors (Lipinski definition) is 1. The van der Waals surface area contributed by atoms with Gasteiger partial charge in [0.05, 0.1) is 17.5 Å². The molecule has 1 aliphatic heterocycles. The molecule has 0 spiro atoms. The van der Waals surface area contributed by atoms with Crippen LogP contribution >= 0.6 is 0 Å². The Morgan fingerprint density at radius 3 is 2.05 bits per heavy atom. The number of nitrogens with zero attached hydrogens (tertiary/aromatic N) is 1. The second kappa shape index (κ2) is 11.7. The zero-order chi connectivity index (χ0) is 27.4. The van der Waals surface area contributed by atoms with Crippen LogP contribution in [0.15, 0.2) is 66.7 Å². The molecule has 0 aromatic heterocycles. The molecule has 3 aromatic rings. The number of carboxylic acid groups (broad SMARTS) is 1. The highest BCUT2D eigenvalue weighted by Crippen LogP contribution is 2.40. The van der Waals surface area contributed by atoms with Crippen molar-refractivity contribution >= 4 is 5.97 Å². The lowest BCUT2D eigenvalue weighted by atomic mass is 9.83. The SMILES string of the molecule is CC(C)C[C@@H](C(=O)O)c1ccc(C(c2ccc(F)cc2)N2CCCCC2)c(-c2ccc(C(F)(F)F)cc2)c1. The third kappa shape index (κ3) is 6.44. The maximum absolute atomic E-state index is 13.8. The molecular weight excluding hydrogens is 494 g/mol. The molecule has 1 fully saturated rings. The molecule has 0 radical (unpaired) electrons. The first kappa shape index (κ1) is 27.8. The van der Waals surface area contributed by atoms with E-state index in [1.807, 2.05) is 32.0 Å². The summed E-state index contributed by atoms with van der Waals surface area (Å²) in [6.45, 7) is 5.59. The molecule has 4 rings (SSSR count). The number of rotatable bonds is 8. The molecule has 1 saturated heterocycles. The van der Waals surface area contributed by atoms with Gasteiger partial charge in [-0.3, -0.25) is 9.69 Å². The minimum Gasteiger partial charge on any atom is -0.481 e. The van der Waals surface area contributed by atoms with Gasteiger partial charge in [-0.25, -0.2) is 4.39 Å². The van der Waals surface area contributed by atoms with Crippen LogP contribution in [-0.4, -0.2) is 29.1 Å². The van der Waals surface area contributed by atoms with Crippen LogP contribution in [0.3, 0.4) is 0 Å². The first-order valence-corrected chi connectivity index (χ1v) is 13.1. The highest BCUT2D eigenvalue weighted by atomic mass is 19.4. The largest absolute Gasteiger partial charge is 0.481 e. The molecule has 2 atom stereocenters. The number of alkyl halides is 3. The summed E-state index contributed by atoms with van der Waals surface area (Å²) >= 11 is 0. The van der Waals surface area contributed by atoms with Crippen molar-refractivity contribution in [3.63, 3.8) is 0 Å². The minimum atomic E-state index is -4.46. The monoisotopic (exact) mass is 527 g/mol. The fourth-order valence-corrected chi connectivity index (χ4v) is 5.38. The van der Waals surface area contributed by atoms with E-state index in [1.54, 1.807) is 12.1 Å². The zero-order valence-corrected chi connectivity index (χ0v) is 21.6. The minimum absolute atomic E-state index is 0.144. The predicted octanol–water partition coefficient (Wildman–Crippen LogP) is 8.30. The third-order valence-electron chi connectivity index (χ3n) is 7.24. The van der Waals surface area contributed by atoms with Gasteiger partial charge in [0.15, 0.2) is 0 Å². The van der Waals surface area contributed by atoms with Crippen molar-refractivity contribution in [3.8, 4) is 11.1 Å². The van der Waals surface area contributed by atoms with Crippen LogP contribution in [0.1, 0.15) is 73.7 Å². The predicted molar refractivity (Wildman–Crippen MR) is 140 cm³/mol. The Morgan fingerprint density at radius 1 is 0.895 bits per heavy atom. The van der Waals surface area contributed by atoms with Crippen molar-refractivity contribution < 1.29 is 27.5 Å². The van der Waals surface area contributed by atoms with Gasteiger partial charge >= 0.3 is 12.1 Å². The number of benzene rings is 3. The highest BCUT2D eigenvalue weighted by Gasteiger charge is 2.31. The molecule has 0 bridgehead atoms. The quantitative estimate of drug-likeness (QED) is 0.300. The van der Waals surface area contributed by atoms with Gasteiger partial charge in [-0.05, 0) is 96.4 Å². The summed E-state index contributed by atoms with van der Waals surface area (Å²) in [4.78, 5) is 14.5. The second-order valence-corrected chi connectivity index (χ2v) is 10.5. The summed E-state index contributed by atoms with van der Waals surface area (Å²) in [6.07, 6.45) is -0.872. The third-order valence-corrected chi connectivity index (χ3v) is 7.24. The Labute approximate surface area is 221 Å². The fourth-order valence-electron chi connectivity index (χ4n) is 5.38. The average Bonchev–Trinajstić information content (AvgIpc) is 2.89. The van der Waals surface area contributed by atoms with E-state index in [2.05, 4.69) is 4.90 Å². The Kier molecular flexibility index (Phi) is 8.56. The average molecular weight is 528 g/mol. The molecule has 3 aromatic carbocycles. The molecule has 1 aliphatic rings. The summed E-state index contributed by atoms with van der Waals surface area (Å²) in [5.74, 6) is -1.87. The number of hydrogen-bond acceptors (Lipinski definition) is 2. The first-order chi connectivity index (χ1) is 18.0. The van der Waals surface area contributed by atoms with E-state index in [4.69, 9.17) is 0 Å². The lowest BCUT2D eigenvalue weighted by Crippen LogP contribution is -2.34. The van der Waals surface area contributed by atoms with Gasteiger partial charge in [-0.1, -0.05) is 56.7 Å². The van der Waals surface area contributed by atoms with E-state index in [0.717, 1.165) is 55.6 Å². The number of halogens is 4. The molecule has 1 heterocycles. The van der Waals surface area contributed by atoms with Gasteiger partial charge in [0, 0.05) is 0 Å². The molecular formula is C31H33F4NO2. The summed E-state index contributed by atoms with van der Waals surface area (Å²) in [6, 6.07) is 16.6. The molecule has 38 heavy (non-hydrogen) atoms. The molecule has 1 unspecified atom stereocenters. The van der Waals surface area contributed by atoms with Crippen molar-refractivity contribution in [1.29, 1.82) is 0 Å². The number of aliphatic carboxylic acids is 1. The van der Waals surface area contributed by atoms with E-state index in [9.17, 15) is 27.5 Å². The number of carbonyl (C=O) groups is 1. The Balaban J connectivity index is 1.90. The van der Waals surface area contributed by atoms with Gasteiger partial charge in [-0.15, -0.1) is 0 Å². The van der Waals surface area contributed by atoms with Crippen LogP contribution in [-0.2, 0) is 11.0 Å². The second-order valence-electron chi connectivity index (χ2n) is 10.5. The maximum Gasteiger partial charge on any atom is 0.416 e. The van der Waals surface area contributed by atoms with Gasteiger partial charge in [0.2, 0.25) is 0 Å². The van der Waals surface area contributed by atoms with Gasteiger partial charge < -0.3 is 5.11 Å². The topological polar surface area (TPSA) is 40.5 Å². The number of piperidine rings is 1. The van der Waals surface area contributed by atoms with Crippen molar-refractivity contribution in [2.24, 2.45) is 5.92 Å². The van der Waals surface area contributed by atoms with E-state index >= 15 is 0 Å². The first-order valence-electron chi connectivity index (χ1n) is 13.1. The van der Waals surface area contributed by atoms with Crippen molar-refractivity contribution in [2.75, 3.05) is 13.1 Å². The van der Waals surface area contributed by atoms with E-state index in [0.29, 0.717) is 23.1 Å². The molecule has 0 amide bonds. The summed E-state index contributed by atoms with van der Waals surface area (Å²) < 4.78 is 53.7. The Hall–Kier alpha value is -3.19. The van der Waals surface area contributed by atoms with E-state index < -0.39 is 23.6 Å². The number of likely N-dealkylation sites (tertiary alicyclic amines) is 1. The van der Waals surface area contributed by atoms with Crippen LogP contribution in [0.4, 0.5) is 17.6 Å². The van der Waals surface area contributed by atoms with Gasteiger partial charge in [-0.2, -0.15) is 13.2 Å². The lowest BCUT2D eigenvalue weighted by molar-refractivity contribution is -0.139. The summed E-state index contributed by atoms with van der Waals surface area (Å²) in [7, 11) is 0. The molecule has 202 valence electrons. The van der Waals surface area contributed by atoms with E-state index in [1.165, 1.54) is 24.3 Å². The van der Waals surface area contributed by atoms with Crippen molar-refractivity contribution in [1.82, 2.24) is 4.90 Å². The molecule has 0 saturated carbocycles. The molecule has 1 N–H and O–H groups in total. The molecule has 7 heteroatoms. The summed E-state index contributed by atoms with van der Waals surface area (Å²) in [5, 5.41) is 9.98. The van der Waals surface area contributed by atoms with Crippen molar-refractivity contribution in [2.45, 2.75) is 57.7 Å². The fraction of sp³-hybridized carbons (Fsp3) is 0.387. The Bertz CT molecular complexity index is 1230. The smallest absolute Gasteiger partial charge is 0.416 e. The lowest BCUT2D eigenvalue weighted by Gasteiger charge is -2.36. The van der Waals surface area contributed by atoms with Crippen LogP contribution in [0.2, 0.25) is 0 Å².